The van der Waals surface area contributed by atoms with Crippen LogP contribution < -0.4 is 5.19 Å². The second-order valence-electron chi connectivity index (χ2n) is 16.1. The molecule has 0 aliphatic heterocycles. The summed E-state index contributed by atoms with van der Waals surface area (Å²) >= 11 is 0. The van der Waals surface area contributed by atoms with Crippen molar-refractivity contribution in [1.82, 2.24) is 19.1 Å². The molecule has 0 atom stereocenters. The third kappa shape index (κ3) is 7.83. The predicted molar refractivity (Wildman–Crippen MR) is 239 cm³/mol. The standard InChI is InChI=1S/C37H32N3.C14H16NSi.Ir/c1-24(2)28-16-12-17-29(25(3)4)36(28)40-35-20-11-9-18-32(35)38-37(40)26-21-22-34-31(23-26)30-15-8-10-19-33(30)39(34)27-13-6-5-7-14-27;1-16(2,3)13-9-10-14(15-11-13)12-7-5-4-6-8-12;/h5-20,22-25H,1-4H3;4-7,9-11H,1-3H3;/q2*-1;. The van der Waals surface area contributed by atoms with E-state index in [1.807, 2.05) is 30.5 Å². The molecule has 0 N–H and O–H groups in total. The Morgan fingerprint density at radius 2 is 1.25 bits per heavy atom. The van der Waals surface area contributed by atoms with E-state index in [2.05, 4.69) is 195 Å². The Morgan fingerprint density at radius 3 is 1.89 bits per heavy atom. The van der Waals surface area contributed by atoms with E-state index >= 15 is 0 Å². The van der Waals surface area contributed by atoms with Crippen molar-refractivity contribution < 1.29 is 20.1 Å². The van der Waals surface area contributed by atoms with Gasteiger partial charge >= 0.3 is 0 Å². The Morgan fingerprint density at radius 1 is 0.579 bits per heavy atom. The molecule has 0 aliphatic carbocycles. The number of pyridine rings is 1. The molecule has 1 radical (unpaired) electrons. The molecule has 57 heavy (non-hydrogen) atoms. The van der Waals surface area contributed by atoms with E-state index in [4.69, 9.17) is 4.98 Å². The van der Waals surface area contributed by atoms with Gasteiger partial charge in [-0.1, -0.05) is 132 Å². The van der Waals surface area contributed by atoms with Crippen LogP contribution in [0.5, 0.6) is 0 Å². The van der Waals surface area contributed by atoms with Gasteiger partial charge in [0.15, 0.2) is 0 Å². The van der Waals surface area contributed by atoms with E-state index in [-0.39, 0.29) is 20.1 Å². The summed E-state index contributed by atoms with van der Waals surface area (Å²) in [6.07, 6.45) is 2.02. The number of benzene rings is 6. The van der Waals surface area contributed by atoms with E-state index in [0.717, 1.165) is 44.9 Å². The van der Waals surface area contributed by atoms with Gasteiger partial charge in [0.05, 0.1) is 24.9 Å². The molecule has 0 fully saturated rings. The molecule has 0 amide bonds. The second-order valence-corrected chi connectivity index (χ2v) is 21.2. The molecule has 9 rings (SSSR count). The first kappa shape index (κ1) is 39.8. The summed E-state index contributed by atoms with van der Waals surface area (Å²) < 4.78 is 4.72. The molecule has 0 saturated heterocycles. The summed E-state index contributed by atoms with van der Waals surface area (Å²) in [6.45, 7) is 16.1. The predicted octanol–water partition coefficient (Wildman–Crippen LogP) is 12.9. The van der Waals surface area contributed by atoms with E-state index < -0.39 is 8.07 Å². The average molecular weight is 937 g/mol. The molecular formula is C51H48IrN4Si-2. The van der Waals surface area contributed by atoms with Gasteiger partial charge in [-0.05, 0) is 75.1 Å². The molecule has 6 heteroatoms. The van der Waals surface area contributed by atoms with Crippen LogP contribution in [0.25, 0.3) is 66.9 Å². The van der Waals surface area contributed by atoms with Gasteiger partial charge < -0.3 is 14.1 Å². The topological polar surface area (TPSA) is 35.6 Å². The van der Waals surface area contributed by atoms with Crippen molar-refractivity contribution in [3.63, 3.8) is 0 Å². The number of fused-ring (bicyclic) bond motifs is 4. The molecule has 6 aromatic carbocycles. The number of hydrogen-bond donors (Lipinski definition) is 0. The van der Waals surface area contributed by atoms with Crippen LogP contribution in [0.3, 0.4) is 0 Å². The van der Waals surface area contributed by atoms with E-state index in [9.17, 15) is 0 Å². The molecule has 287 valence electrons. The summed E-state index contributed by atoms with van der Waals surface area (Å²) in [4.78, 5) is 9.76. The maximum absolute atomic E-state index is 5.24. The SMILES string of the molecule is CC(C)c1cccc(C(C)C)c1-n1c(-c2[c-]cc3c(c2)c2ccccc2n3-c2ccccc2)nc2ccccc21.C[Si](C)(C)c1ccc(-c2[c-]cccc2)nc1.[Ir]. The molecule has 0 saturated carbocycles. The quantitative estimate of drug-likeness (QED) is 0.118. The monoisotopic (exact) mass is 937 g/mol. The molecule has 3 heterocycles. The van der Waals surface area contributed by atoms with E-state index in [1.54, 1.807) is 0 Å². The first-order valence-electron chi connectivity index (χ1n) is 19.6. The first-order valence-corrected chi connectivity index (χ1v) is 23.1. The van der Waals surface area contributed by atoms with E-state index in [1.165, 1.54) is 38.3 Å². The molecule has 0 spiro atoms. The Hall–Kier alpha value is -5.39. The number of hydrogen-bond acceptors (Lipinski definition) is 2. The third-order valence-corrected chi connectivity index (χ3v) is 12.6. The third-order valence-electron chi connectivity index (χ3n) is 10.6. The molecule has 9 aromatic rings. The Bertz CT molecular complexity index is 2750. The number of nitrogens with zero attached hydrogens (tertiary/aromatic N) is 4. The van der Waals surface area contributed by atoms with Crippen molar-refractivity contribution in [3.8, 4) is 34.0 Å². The summed E-state index contributed by atoms with van der Waals surface area (Å²) in [5, 5.41) is 3.82. The van der Waals surface area contributed by atoms with Crippen LogP contribution in [0.4, 0.5) is 0 Å². The van der Waals surface area contributed by atoms with Gasteiger partial charge in [0, 0.05) is 43.2 Å². The van der Waals surface area contributed by atoms with Crippen molar-refractivity contribution in [2.75, 3.05) is 0 Å². The summed E-state index contributed by atoms with van der Waals surface area (Å²) in [5.41, 5.74) is 12.6. The molecule has 3 aromatic heterocycles. The molecule has 0 unspecified atom stereocenters. The van der Waals surface area contributed by atoms with Crippen molar-refractivity contribution in [1.29, 1.82) is 0 Å². The zero-order chi connectivity index (χ0) is 39.0. The summed E-state index contributed by atoms with van der Waals surface area (Å²) in [5.74, 6) is 1.67. The fraction of sp³-hybridized carbons (Fsp3) is 0.176. The summed E-state index contributed by atoms with van der Waals surface area (Å²) in [7, 11) is -1.23. The minimum absolute atomic E-state index is 0. The van der Waals surface area contributed by atoms with Gasteiger partial charge in [-0.3, -0.25) is 4.98 Å². The fourth-order valence-electron chi connectivity index (χ4n) is 7.65. The van der Waals surface area contributed by atoms with Crippen LogP contribution in [0.2, 0.25) is 19.6 Å². The minimum Gasteiger partial charge on any atom is -0.351 e. The van der Waals surface area contributed by atoms with Gasteiger partial charge in [-0.25, -0.2) is 0 Å². The van der Waals surface area contributed by atoms with Crippen molar-refractivity contribution in [3.05, 3.63) is 175 Å². The van der Waals surface area contributed by atoms with E-state index in [0.29, 0.717) is 11.8 Å². The zero-order valence-corrected chi connectivity index (χ0v) is 37.1. The normalized spacial score (nSPS) is 11.6. The first-order chi connectivity index (χ1) is 27.1. The fourth-order valence-corrected chi connectivity index (χ4v) is 8.68. The minimum atomic E-state index is -1.23. The number of aromatic nitrogens is 4. The molecular weight excluding hydrogens is 889 g/mol. The van der Waals surface area contributed by atoms with Crippen molar-refractivity contribution in [2.24, 2.45) is 0 Å². The van der Waals surface area contributed by atoms with Gasteiger partial charge in [0.1, 0.15) is 0 Å². The van der Waals surface area contributed by atoms with Crippen LogP contribution in [0.15, 0.2) is 152 Å². The van der Waals surface area contributed by atoms with Crippen LogP contribution in [0.1, 0.15) is 50.7 Å². The van der Waals surface area contributed by atoms with Crippen LogP contribution in [-0.2, 0) is 20.1 Å². The molecule has 0 aliphatic rings. The molecule has 0 bridgehead atoms. The number of rotatable bonds is 7. The van der Waals surface area contributed by atoms with Crippen LogP contribution >= 0.6 is 0 Å². The number of para-hydroxylation sites is 5. The van der Waals surface area contributed by atoms with Gasteiger partial charge in [-0.15, -0.1) is 59.7 Å². The van der Waals surface area contributed by atoms with Gasteiger partial charge in [-0.2, -0.15) is 0 Å². The number of imidazole rings is 1. The smallest absolute Gasteiger partial charge is 0.0795 e. The van der Waals surface area contributed by atoms with Gasteiger partial charge in [0.25, 0.3) is 0 Å². The van der Waals surface area contributed by atoms with Gasteiger partial charge in [0.2, 0.25) is 0 Å². The Labute approximate surface area is 351 Å². The molecule has 4 nitrogen and oxygen atoms in total. The Balaban J connectivity index is 0.000000246. The van der Waals surface area contributed by atoms with Crippen molar-refractivity contribution in [2.45, 2.75) is 59.2 Å². The largest absolute Gasteiger partial charge is 0.351 e. The maximum Gasteiger partial charge on any atom is 0.0795 e. The second kappa shape index (κ2) is 16.6. The Kier molecular flexibility index (Phi) is 11.6. The van der Waals surface area contributed by atoms with Crippen molar-refractivity contribution >= 4 is 46.1 Å². The van der Waals surface area contributed by atoms with Crippen LogP contribution in [-0.4, -0.2) is 27.2 Å². The summed E-state index contributed by atoms with van der Waals surface area (Å²) in [6, 6.07) is 58.0. The van der Waals surface area contributed by atoms with Crippen LogP contribution in [0, 0.1) is 12.1 Å². The average Bonchev–Trinajstić information content (AvgIpc) is 3.77. The maximum atomic E-state index is 5.24. The zero-order valence-electron chi connectivity index (χ0n) is 33.7.